The number of para-hydroxylation sites is 1. The van der Waals surface area contributed by atoms with Gasteiger partial charge < -0.3 is 10.1 Å². The van der Waals surface area contributed by atoms with Crippen molar-refractivity contribution in [1.82, 2.24) is 5.32 Å². The SMILES string of the molecule is CNCc1c(F)cccc1Oc1ccccc1C. The van der Waals surface area contributed by atoms with E-state index in [2.05, 4.69) is 5.32 Å². The minimum absolute atomic E-state index is 0.254. The van der Waals surface area contributed by atoms with E-state index < -0.39 is 0 Å². The molecule has 18 heavy (non-hydrogen) atoms. The first-order valence-corrected chi connectivity index (χ1v) is 5.88. The van der Waals surface area contributed by atoms with E-state index in [0.29, 0.717) is 17.9 Å². The van der Waals surface area contributed by atoms with Crippen LogP contribution in [-0.4, -0.2) is 7.05 Å². The van der Waals surface area contributed by atoms with Crippen molar-refractivity contribution in [3.05, 3.63) is 59.4 Å². The predicted molar refractivity (Wildman–Crippen MR) is 70.4 cm³/mol. The topological polar surface area (TPSA) is 21.3 Å². The Morgan fingerprint density at radius 1 is 1.06 bits per heavy atom. The average Bonchev–Trinajstić information content (AvgIpc) is 2.36. The summed E-state index contributed by atoms with van der Waals surface area (Å²) < 4.78 is 19.5. The van der Waals surface area contributed by atoms with Gasteiger partial charge in [0.25, 0.3) is 0 Å². The highest BCUT2D eigenvalue weighted by Gasteiger charge is 2.10. The molecule has 0 aliphatic carbocycles. The monoisotopic (exact) mass is 245 g/mol. The molecule has 2 aromatic rings. The Kier molecular flexibility index (Phi) is 3.95. The van der Waals surface area contributed by atoms with E-state index in [1.807, 2.05) is 31.2 Å². The van der Waals surface area contributed by atoms with Crippen molar-refractivity contribution in [3.8, 4) is 11.5 Å². The Morgan fingerprint density at radius 2 is 1.78 bits per heavy atom. The van der Waals surface area contributed by atoms with Crippen LogP contribution in [0.5, 0.6) is 11.5 Å². The van der Waals surface area contributed by atoms with Crippen molar-refractivity contribution in [2.75, 3.05) is 7.05 Å². The molecule has 0 amide bonds. The summed E-state index contributed by atoms with van der Waals surface area (Å²) in [6.45, 7) is 2.40. The molecule has 2 aromatic carbocycles. The lowest BCUT2D eigenvalue weighted by Crippen LogP contribution is -2.08. The zero-order valence-electron chi connectivity index (χ0n) is 10.5. The Bertz CT molecular complexity index is 540. The fraction of sp³-hybridized carbons (Fsp3) is 0.200. The van der Waals surface area contributed by atoms with E-state index in [1.54, 1.807) is 19.2 Å². The molecular weight excluding hydrogens is 229 g/mol. The smallest absolute Gasteiger partial charge is 0.134 e. The second kappa shape index (κ2) is 5.65. The number of rotatable bonds is 4. The zero-order chi connectivity index (χ0) is 13.0. The fourth-order valence-corrected chi connectivity index (χ4v) is 1.77. The van der Waals surface area contributed by atoms with Gasteiger partial charge in [0.2, 0.25) is 0 Å². The van der Waals surface area contributed by atoms with Crippen LogP contribution in [0.25, 0.3) is 0 Å². The summed E-state index contributed by atoms with van der Waals surface area (Å²) in [4.78, 5) is 0. The van der Waals surface area contributed by atoms with E-state index in [-0.39, 0.29) is 5.82 Å². The van der Waals surface area contributed by atoms with E-state index in [1.165, 1.54) is 6.07 Å². The molecule has 0 fully saturated rings. The molecular formula is C15H16FNO. The second-order valence-electron chi connectivity index (χ2n) is 4.11. The molecule has 0 saturated heterocycles. The maximum absolute atomic E-state index is 13.7. The van der Waals surface area contributed by atoms with Crippen molar-refractivity contribution >= 4 is 0 Å². The van der Waals surface area contributed by atoms with E-state index in [0.717, 1.165) is 11.3 Å². The molecule has 94 valence electrons. The van der Waals surface area contributed by atoms with Crippen LogP contribution in [0, 0.1) is 12.7 Å². The molecule has 0 bridgehead atoms. The van der Waals surface area contributed by atoms with E-state index in [9.17, 15) is 4.39 Å². The molecule has 2 rings (SSSR count). The highest BCUT2D eigenvalue weighted by atomic mass is 19.1. The molecule has 0 heterocycles. The quantitative estimate of drug-likeness (QED) is 0.887. The summed E-state index contributed by atoms with van der Waals surface area (Å²) in [7, 11) is 1.78. The normalized spacial score (nSPS) is 10.4. The highest BCUT2D eigenvalue weighted by Crippen LogP contribution is 2.29. The summed E-state index contributed by atoms with van der Waals surface area (Å²) in [6.07, 6.45) is 0. The van der Waals surface area contributed by atoms with Crippen molar-refractivity contribution in [1.29, 1.82) is 0 Å². The molecule has 1 N–H and O–H groups in total. The van der Waals surface area contributed by atoms with Gasteiger partial charge in [-0.3, -0.25) is 0 Å². The molecule has 0 atom stereocenters. The molecule has 0 radical (unpaired) electrons. The maximum atomic E-state index is 13.7. The average molecular weight is 245 g/mol. The molecule has 2 nitrogen and oxygen atoms in total. The van der Waals surface area contributed by atoms with Gasteiger partial charge in [-0.15, -0.1) is 0 Å². The first kappa shape index (κ1) is 12.6. The van der Waals surface area contributed by atoms with Crippen LogP contribution in [0.3, 0.4) is 0 Å². The molecule has 0 unspecified atom stereocenters. The number of hydrogen-bond donors (Lipinski definition) is 1. The van der Waals surface area contributed by atoms with Crippen LogP contribution < -0.4 is 10.1 Å². The molecule has 0 aromatic heterocycles. The number of ether oxygens (including phenoxy) is 1. The molecule has 0 saturated carbocycles. The minimum Gasteiger partial charge on any atom is -0.457 e. The largest absolute Gasteiger partial charge is 0.457 e. The van der Waals surface area contributed by atoms with Gasteiger partial charge in [-0.2, -0.15) is 0 Å². The standard InChI is InChI=1S/C15H16FNO/c1-11-6-3-4-8-14(11)18-15-9-5-7-13(16)12(15)10-17-2/h3-9,17H,10H2,1-2H3. The number of nitrogens with one attached hydrogen (secondary N) is 1. The van der Waals surface area contributed by atoms with Gasteiger partial charge in [-0.05, 0) is 37.7 Å². The lowest BCUT2D eigenvalue weighted by molar-refractivity contribution is 0.461. The molecule has 0 aliphatic heterocycles. The number of hydrogen-bond acceptors (Lipinski definition) is 2. The van der Waals surface area contributed by atoms with Gasteiger partial charge in [-0.1, -0.05) is 24.3 Å². The Labute approximate surface area is 106 Å². The Hall–Kier alpha value is -1.87. The third-order valence-corrected chi connectivity index (χ3v) is 2.74. The Morgan fingerprint density at radius 3 is 2.50 bits per heavy atom. The predicted octanol–water partition coefficient (Wildman–Crippen LogP) is 3.65. The van der Waals surface area contributed by atoms with Crippen LogP contribution >= 0.6 is 0 Å². The van der Waals surface area contributed by atoms with Gasteiger partial charge in [0.15, 0.2) is 0 Å². The highest BCUT2D eigenvalue weighted by molar-refractivity contribution is 5.41. The van der Waals surface area contributed by atoms with Gasteiger partial charge >= 0.3 is 0 Å². The number of benzene rings is 2. The Balaban J connectivity index is 2.34. The zero-order valence-corrected chi connectivity index (χ0v) is 10.5. The molecule has 0 spiro atoms. The molecule has 0 aliphatic rings. The van der Waals surface area contributed by atoms with Crippen LogP contribution in [0.2, 0.25) is 0 Å². The summed E-state index contributed by atoms with van der Waals surface area (Å²) in [5, 5.41) is 2.95. The first-order valence-electron chi connectivity index (χ1n) is 5.88. The third kappa shape index (κ3) is 2.68. The summed E-state index contributed by atoms with van der Waals surface area (Å²) in [5.41, 5.74) is 1.57. The molecule has 3 heteroatoms. The second-order valence-corrected chi connectivity index (χ2v) is 4.11. The number of aryl methyl sites for hydroxylation is 1. The van der Waals surface area contributed by atoms with Crippen molar-refractivity contribution in [2.45, 2.75) is 13.5 Å². The van der Waals surface area contributed by atoms with Crippen LogP contribution in [0.4, 0.5) is 4.39 Å². The van der Waals surface area contributed by atoms with Crippen LogP contribution in [0.15, 0.2) is 42.5 Å². The lowest BCUT2D eigenvalue weighted by Gasteiger charge is -2.13. The van der Waals surface area contributed by atoms with E-state index in [4.69, 9.17) is 4.74 Å². The fourth-order valence-electron chi connectivity index (χ4n) is 1.77. The first-order chi connectivity index (χ1) is 8.72. The van der Waals surface area contributed by atoms with Gasteiger partial charge in [0.1, 0.15) is 17.3 Å². The van der Waals surface area contributed by atoms with E-state index >= 15 is 0 Å². The third-order valence-electron chi connectivity index (χ3n) is 2.74. The van der Waals surface area contributed by atoms with Crippen LogP contribution in [-0.2, 0) is 6.54 Å². The lowest BCUT2D eigenvalue weighted by atomic mass is 10.1. The van der Waals surface area contributed by atoms with Crippen molar-refractivity contribution in [2.24, 2.45) is 0 Å². The van der Waals surface area contributed by atoms with Crippen molar-refractivity contribution < 1.29 is 9.13 Å². The summed E-state index contributed by atoms with van der Waals surface area (Å²) in [5.74, 6) is 1.05. The number of halogens is 1. The minimum atomic E-state index is -0.254. The van der Waals surface area contributed by atoms with Crippen LogP contribution in [0.1, 0.15) is 11.1 Å². The maximum Gasteiger partial charge on any atom is 0.134 e. The van der Waals surface area contributed by atoms with Crippen molar-refractivity contribution in [3.63, 3.8) is 0 Å². The summed E-state index contributed by atoms with van der Waals surface area (Å²) in [6, 6.07) is 12.6. The summed E-state index contributed by atoms with van der Waals surface area (Å²) >= 11 is 0. The van der Waals surface area contributed by atoms with Gasteiger partial charge in [0.05, 0.1) is 0 Å². The van der Waals surface area contributed by atoms with Gasteiger partial charge in [-0.25, -0.2) is 4.39 Å². The van der Waals surface area contributed by atoms with Gasteiger partial charge in [0, 0.05) is 12.1 Å².